The van der Waals surface area contributed by atoms with Gasteiger partial charge in [0.1, 0.15) is 0 Å². The van der Waals surface area contributed by atoms with Gasteiger partial charge < -0.3 is 5.32 Å². The molecule has 0 heterocycles. The summed E-state index contributed by atoms with van der Waals surface area (Å²) in [6.45, 7) is 9.03. The molecule has 3 atom stereocenters. The minimum Gasteiger partial charge on any atom is -0.307 e. The van der Waals surface area contributed by atoms with Crippen molar-refractivity contribution < 1.29 is 0 Å². The molecule has 0 fully saturated rings. The summed E-state index contributed by atoms with van der Waals surface area (Å²) >= 11 is 3.51. The molecule has 90 valence electrons. The Hall–Kier alpha value is -0.340. The topological polar surface area (TPSA) is 12.0 Å². The van der Waals surface area contributed by atoms with E-state index in [1.807, 2.05) is 0 Å². The highest BCUT2D eigenvalue weighted by Gasteiger charge is 2.13. The first-order valence-corrected chi connectivity index (χ1v) is 6.85. The van der Waals surface area contributed by atoms with Gasteiger partial charge in [0.25, 0.3) is 0 Å². The van der Waals surface area contributed by atoms with Crippen molar-refractivity contribution in [3.8, 4) is 0 Å². The van der Waals surface area contributed by atoms with Crippen LogP contribution in [-0.2, 0) is 0 Å². The minimum atomic E-state index is 0.404. The summed E-state index contributed by atoms with van der Waals surface area (Å²) < 4.78 is 1.15. The highest BCUT2D eigenvalue weighted by molar-refractivity contribution is 9.10. The van der Waals surface area contributed by atoms with Gasteiger partial charge >= 0.3 is 0 Å². The number of hydrogen-bond donors (Lipinski definition) is 1. The second-order valence-electron chi connectivity index (χ2n) is 4.62. The molecule has 0 amide bonds. The number of halogens is 1. The van der Waals surface area contributed by atoms with Gasteiger partial charge in [0.2, 0.25) is 0 Å². The third-order valence-corrected chi connectivity index (χ3v) is 3.85. The quantitative estimate of drug-likeness (QED) is 0.837. The van der Waals surface area contributed by atoms with Crippen LogP contribution in [-0.4, -0.2) is 6.04 Å². The van der Waals surface area contributed by atoms with Crippen LogP contribution in [0.1, 0.15) is 45.7 Å². The summed E-state index contributed by atoms with van der Waals surface area (Å²) in [5.41, 5.74) is 1.34. The van der Waals surface area contributed by atoms with Gasteiger partial charge in [-0.05, 0) is 37.5 Å². The zero-order valence-electron chi connectivity index (χ0n) is 10.6. The monoisotopic (exact) mass is 283 g/mol. The average Bonchev–Trinajstić information content (AvgIpc) is 2.27. The van der Waals surface area contributed by atoms with Gasteiger partial charge in [0.05, 0.1) is 0 Å². The van der Waals surface area contributed by atoms with Crippen LogP contribution in [0, 0.1) is 5.92 Å². The Morgan fingerprint density at radius 1 is 1.25 bits per heavy atom. The highest BCUT2D eigenvalue weighted by Crippen LogP contribution is 2.19. The molecule has 0 radical (unpaired) electrons. The number of benzene rings is 1. The van der Waals surface area contributed by atoms with Crippen LogP contribution in [0.15, 0.2) is 28.7 Å². The van der Waals surface area contributed by atoms with Crippen LogP contribution in [0.2, 0.25) is 0 Å². The van der Waals surface area contributed by atoms with Crippen LogP contribution < -0.4 is 5.32 Å². The summed E-state index contributed by atoms with van der Waals surface area (Å²) in [6, 6.07) is 9.47. The predicted molar refractivity (Wildman–Crippen MR) is 74.6 cm³/mol. The highest BCUT2D eigenvalue weighted by atomic mass is 79.9. The number of nitrogens with one attached hydrogen (secondary N) is 1. The lowest BCUT2D eigenvalue weighted by Gasteiger charge is -2.24. The molecule has 0 aromatic heterocycles. The zero-order valence-corrected chi connectivity index (χ0v) is 12.2. The maximum absolute atomic E-state index is 3.65. The van der Waals surface area contributed by atoms with Gasteiger partial charge in [-0.25, -0.2) is 0 Å². The molecule has 0 spiro atoms. The van der Waals surface area contributed by atoms with E-state index in [-0.39, 0.29) is 0 Å². The Labute approximate surface area is 108 Å². The molecule has 1 nitrogen and oxygen atoms in total. The lowest BCUT2D eigenvalue weighted by atomic mass is 9.99. The van der Waals surface area contributed by atoms with Gasteiger partial charge in [0, 0.05) is 16.6 Å². The first-order valence-electron chi connectivity index (χ1n) is 6.06. The normalized spacial score (nSPS) is 16.8. The van der Waals surface area contributed by atoms with Crippen molar-refractivity contribution in [1.29, 1.82) is 0 Å². The fraction of sp³-hybridized carbons (Fsp3) is 0.571. The fourth-order valence-corrected chi connectivity index (χ4v) is 2.20. The molecule has 1 N–H and O–H groups in total. The number of rotatable bonds is 5. The maximum Gasteiger partial charge on any atom is 0.0294 e. The molecule has 16 heavy (non-hydrogen) atoms. The van der Waals surface area contributed by atoms with Crippen molar-refractivity contribution in [3.63, 3.8) is 0 Å². The second-order valence-corrected chi connectivity index (χ2v) is 5.53. The van der Waals surface area contributed by atoms with Crippen LogP contribution in [0.25, 0.3) is 0 Å². The summed E-state index contributed by atoms with van der Waals surface area (Å²) in [7, 11) is 0. The lowest BCUT2D eigenvalue weighted by molar-refractivity contribution is 0.360. The Morgan fingerprint density at radius 2 is 1.94 bits per heavy atom. The van der Waals surface area contributed by atoms with E-state index in [9.17, 15) is 0 Å². The largest absolute Gasteiger partial charge is 0.307 e. The second kappa shape index (κ2) is 6.41. The molecule has 0 aliphatic carbocycles. The first-order chi connectivity index (χ1) is 7.54. The van der Waals surface area contributed by atoms with E-state index < -0.39 is 0 Å². The summed E-state index contributed by atoms with van der Waals surface area (Å²) in [5.74, 6) is 0.717. The van der Waals surface area contributed by atoms with Crippen molar-refractivity contribution in [2.24, 2.45) is 5.92 Å². The van der Waals surface area contributed by atoms with Crippen molar-refractivity contribution in [2.75, 3.05) is 0 Å². The molecule has 2 heteroatoms. The SMILES string of the molecule is CCC(C)C(C)N[C@@H](C)c1cccc(Br)c1. The van der Waals surface area contributed by atoms with E-state index in [4.69, 9.17) is 0 Å². The first kappa shape index (κ1) is 13.7. The standard InChI is InChI=1S/C14H22BrN/c1-5-10(2)11(3)16-12(4)13-7-6-8-14(15)9-13/h6-12,16H,5H2,1-4H3/t10?,11?,12-/m0/s1. The third-order valence-electron chi connectivity index (χ3n) is 3.36. The molecule has 2 unspecified atom stereocenters. The summed E-state index contributed by atoms with van der Waals surface area (Å²) in [5, 5.41) is 3.65. The Kier molecular flexibility index (Phi) is 5.50. The van der Waals surface area contributed by atoms with Crippen LogP contribution >= 0.6 is 15.9 Å². The Balaban J connectivity index is 2.61. The van der Waals surface area contributed by atoms with E-state index in [0.717, 1.165) is 10.4 Å². The molecule has 0 aliphatic heterocycles. The van der Waals surface area contributed by atoms with Gasteiger partial charge in [-0.15, -0.1) is 0 Å². The molecular weight excluding hydrogens is 262 g/mol. The fourth-order valence-electron chi connectivity index (χ4n) is 1.78. The van der Waals surface area contributed by atoms with Gasteiger partial charge in [-0.2, -0.15) is 0 Å². The summed E-state index contributed by atoms with van der Waals surface area (Å²) in [6.07, 6.45) is 1.22. The van der Waals surface area contributed by atoms with Crippen molar-refractivity contribution in [1.82, 2.24) is 5.32 Å². The van der Waals surface area contributed by atoms with E-state index in [2.05, 4.69) is 73.2 Å². The van der Waals surface area contributed by atoms with Gasteiger partial charge in [-0.3, -0.25) is 0 Å². The third kappa shape index (κ3) is 3.91. The molecule has 0 bridgehead atoms. The number of hydrogen-bond acceptors (Lipinski definition) is 1. The van der Waals surface area contributed by atoms with E-state index in [1.54, 1.807) is 0 Å². The van der Waals surface area contributed by atoms with Crippen LogP contribution in [0.3, 0.4) is 0 Å². The molecule has 0 aliphatic rings. The maximum atomic E-state index is 3.65. The lowest BCUT2D eigenvalue weighted by Crippen LogP contribution is -2.33. The van der Waals surface area contributed by atoms with Crippen molar-refractivity contribution in [2.45, 2.75) is 46.2 Å². The molecule has 1 aromatic rings. The predicted octanol–water partition coefficient (Wildman–Crippen LogP) is 4.53. The molecule has 0 saturated carbocycles. The Morgan fingerprint density at radius 3 is 2.50 bits per heavy atom. The Bertz CT molecular complexity index is 324. The van der Waals surface area contributed by atoms with Gasteiger partial charge in [0.15, 0.2) is 0 Å². The molecular formula is C14H22BrN. The average molecular weight is 284 g/mol. The molecule has 1 rings (SSSR count). The minimum absolute atomic E-state index is 0.404. The van der Waals surface area contributed by atoms with Crippen molar-refractivity contribution in [3.05, 3.63) is 34.3 Å². The van der Waals surface area contributed by atoms with E-state index in [0.29, 0.717) is 12.1 Å². The molecule has 1 aromatic carbocycles. The van der Waals surface area contributed by atoms with Crippen LogP contribution in [0.4, 0.5) is 0 Å². The zero-order chi connectivity index (χ0) is 12.1. The van der Waals surface area contributed by atoms with Crippen molar-refractivity contribution >= 4 is 15.9 Å². The van der Waals surface area contributed by atoms with E-state index in [1.165, 1.54) is 12.0 Å². The van der Waals surface area contributed by atoms with E-state index >= 15 is 0 Å². The van der Waals surface area contributed by atoms with Crippen LogP contribution in [0.5, 0.6) is 0 Å². The smallest absolute Gasteiger partial charge is 0.0294 e. The molecule has 0 saturated heterocycles. The van der Waals surface area contributed by atoms with Gasteiger partial charge in [-0.1, -0.05) is 48.3 Å². The summed E-state index contributed by atoms with van der Waals surface area (Å²) in [4.78, 5) is 0.